The van der Waals surface area contributed by atoms with E-state index in [2.05, 4.69) is 27.0 Å². The number of hydrogen-bond donors (Lipinski definition) is 0. The van der Waals surface area contributed by atoms with Gasteiger partial charge < -0.3 is 4.90 Å². The van der Waals surface area contributed by atoms with E-state index in [1.807, 2.05) is 0 Å². The fourth-order valence-electron chi connectivity index (χ4n) is 3.37. The first-order valence-electron chi connectivity index (χ1n) is 11.2. The third kappa shape index (κ3) is 15.2. The summed E-state index contributed by atoms with van der Waals surface area (Å²) in [5, 5.41) is 0. The Morgan fingerprint density at radius 3 is 1.58 bits per heavy atom. The second-order valence-corrected chi connectivity index (χ2v) is 7.79. The van der Waals surface area contributed by atoms with Crippen molar-refractivity contribution >= 4 is 6.41 Å². The molecule has 0 bridgehead atoms. The van der Waals surface area contributed by atoms with E-state index in [1.54, 1.807) is 4.90 Å². The van der Waals surface area contributed by atoms with Crippen molar-refractivity contribution in [2.24, 2.45) is 0 Å². The first-order valence-corrected chi connectivity index (χ1v) is 11.2. The molecule has 2 heteroatoms. The number of carbonyl (C=O) groups is 1. The summed E-state index contributed by atoms with van der Waals surface area (Å²) in [6.45, 7) is 13.2. The SMILES string of the molecule is C=C(CCCCCCCCCCCCCCC)CN(C=O)C(=C)CCC. The molecule has 0 fully saturated rings. The Morgan fingerprint density at radius 2 is 1.15 bits per heavy atom. The van der Waals surface area contributed by atoms with Crippen molar-refractivity contribution in [1.82, 2.24) is 4.90 Å². The molecule has 0 aromatic carbocycles. The molecule has 0 spiro atoms. The van der Waals surface area contributed by atoms with Gasteiger partial charge in [0, 0.05) is 12.2 Å². The predicted molar refractivity (Wildman–Crippen MR) is 116 cm³/mol. The second-order valence-electron chi connectivity index (χ2n) is 7.79. The normalized spacial score (nSPS) is 10.7. The van der Waals surface area contributed by atoms with Crippen molar-refractivity contribution in [2.75, 3.05) is 6.54 Å². The molecule has 152 valence electrons. The zero-order valence-electron chi connectivity index (χ0n) is 17.9. The quantitative estimate of drug-likeness (QED) is 0.123. The smallest absolute Gasteiger partial charge is 0.214 e. The topological polar surface area (TPSA) is 20.3 Å². The van der Waals surface area contributed by atoms with Crippen LogP contribution in [0.3, 0.4) is 0 Å². The third-order valence-electron chi connectivity index (χ3n) is 5.10. The van der Waals surface area contributed by atoms with E-state index in [0.717, 1.165) is 36.9 Å². The van der Waals surface area contributed by atoms with Crippen LogP contribution in [-0.2, 0) is 4.79 Å². The van der Waals surface area contributed by atoms with Crippen LogP contribution in [0.1, 0.15) is 117 Å². The molecule has 0 aliphatic rings. The predicted octanol–water partition coefficient (Wildman–Crippen LogP) is 7.80. The summed E-state index contributed by atoms with van der Waals surface area (Å²) >= 11 is 0. The van der Waals surface area contributed by atoms with Crippen molar-refractivity contribution in [1.29, 1.82) is 0 Å². The molecule has 0 aliphatic carbocycles. The van der Waals surface area contributed by atoms with E-state index < -0.39 is 0 Å². The minimum absolute atomic E-state index is 0.639. The van der Waals surface area contributed by atoms with Crippen LogP contribution in [0.15, 0.2) is 24.4 Å². The number of rotatable bonds is 20. The fraction of sp³-hybridized carbons (Fsp3) is 0.792. The summed E-state index contributed by atoms with van der Waals surface area (Å²) in [6.07, 6.45) is 21.7. The van der Waals surface area contributed by atoms with Gasteiger partial charge in [0.15, 0.2) is 0 Å². The summed E-state index contributed by atoms with van der Waals surface area (Å²) in [7, 11) is 0. The lowest BCUT2D eigenvalue weighted by Crippen LogP contribution is -2.23. The molecule has 1 amide bonds. The van der Waals surface area contributed by atoms with Gasteiger partial charge >= 0.3 is 0 Å². The average Bonchev–Trinajstić information content (AvgIpc) is 2.63. The maximum Gasteiger partial charge on any atom is 0.214 e. The first-order chi connectivity index (χ1) is 12.7. The Labute approximate surface area is 164 Å². The molecule has 26 heavy (non-hydrogen) atoms. The summed E-state index contributed by atoms with van der Waals surface area (Å²) in [6, 6.07) is 0. The van der Waals surface area contributed by atoms with Gasteiger partial charge in [0.05, 0.1) is 0 Å². The molecule has 0 radical (unpaired) electrons. The summed E-state index contributed by atoms with van der Waals surface area (Å²) in [5.74, 6) is 0. The van der Waals surface area contributed by atoms with Crippen LogP contribution in [-0.4, -0.2) is 17.9 Å². The van der Waals surface area contributed by atoms with Crippen LogP contribution in [0.4, 0.5) is 0 Å². The largest absolute Gasteiger partial charge is 0.315 e. The Morgan fingerprint density at radius 1 is 0.692 bits per heavy atom. The second kappa shape index (κ2) is 18.7. The van der Waals surface area contributed by atoms with Crippen LogP contribution in [0.2, 0.25) is 0 Å². The Hall–Kier alpha value is -1.05. The number of nitrogens with zero attached hydrogens (tertiary/aromatic N) is 1. The Balaban J connectivity index is 3.45. The molecule has 0 saturated carbocycles. The molecule has 0 aliphatic heterocycles. The molecule has 0 aromatic heterocycles. The van der Waals surface area contributed by atoms with E-state index >= 15 is 0 Å². The number of carbonyl (C=O) groups excluding carboxylic acids is 1. The van der Waals surface area contributed by atoms with Crippen molar-refractivity contribution in [3.05, 3.63) is 24.4 Å². The number of allylic oxidation sites excluding steroid dienone is 1. The standard InChI is InChI=1S/C24H45NO/c1-5-7-8-9-10-11-12-13-14-15-16-17-18-20-23(3)21-25(22-26)24(4)19-6-2/h22H,3-21H2,1-2H3. The van der Waals surface area contributed by atoms with E-state index in [4.69, 9.17) is 0 Å². The number of unbranched alkanes of at least 4 members (excludes halogenated alkanes) is 12. The first kappa shape index (κ1) is 24.9. The lowest BCUT2D eigenvalue weighted by molar-refractivity contribution is -0.116. The minimum atomic E-state index is 0.639. The van der Waals surface area contributed by atoms with Crippen LogP contribution in [0.25, 0.3) is 0 Å². The molecule has 0 heterocycles. The van der Waals surface area contributed by atoms with Gasteiger partial charge in [0.25, 0.3) is 0 Å². The summed E-state index contributed by atoms with van der Waals surface area (Å²) in [4.78, 5) is 12.9. The third-order valence-corrected chi connectivity index (χ3v) is 5.10. The summed E-state index contributed by atoms with van der Waals surface area (Å²) in [5.41, 5.74) is 2.06. The number of amides is 1. The van der Waals surface area contributed by atoms with Gasteiger partial charge in [-0.3, -0.25) is 4.79 Å². The van der Waals surface area contributed by atoms with Crippen molar-refractivity contribution in [3.63, 3.8) is 0 Å². The molecule has 0 N–H and O–H groups in total. The molecule has 0 rings (SSSR count). The molecule has 0 unspecified atom stereocenters. The number of hydrogen-bond acceptors (Lipinski definition) is 1. The van der Waals surface area contributed by atoms with Gasteiger partial charge in [-0.25, -0.2) is 0 Å². The highest BCUT2D eigenvalue weighted by Gasteiger charge is 2.07. The molecule has 0 aromatic rings. The highest BCUT2D eigenvalue weighted by molar-refractivity contribution is 5.51. The van der Waals surface area contributed by atoms with Crippen LogP contribution in [0, 0.1) is 0 Å². The van der Waals surface area contributed by atoms with Gasteiger partial charge in [0.1, 0.15) is 0 Å². The van der Waals surface area contributed by atoms with Gasteiger partial charge in [0.2, 0.25) is 6.41 Å². The average molecular weight is 364 g/mol. The fourth-order valence-corrected chi connectivity index (χ4v) is 3.37. The highest BCUT2D eigenvalue weighted by atomic mass is 16.1. The molecular weight excluding hydrogens is 318 g/mol. The maximum atomic E-state index is 11.2. The van der Waals surface area contributed by atoms with Crippen LogP contribution in [0.5, 0.6) is 0 Å². The van der Waals surface area contributed by atoms with Gasteiger partial charge in [-0.15, -0.1) is 0 Å². The Kier molecular flexibility index (Phi) is 18.0. The zero-order chi connectivity index (χ0) is 19.5. The molecule has 0 saturated heterocycles. The minimum Gasteiger partial charge on any atom is -0.315 e. The van der Waals surface area contributed by atoms with Gasteiger partial charge in [-0.05, 0) is 19.3 Å². The van der Waals surface area contributed by atoms with Gasteiger partial charge in [-0.1, -0.05) is 116 Å². The van der Waals surface area contributed by atoms with E-state index in [1.165, 1.54) is 83.5 Å². The maximum absolute atomic E-state index is 11.2. The van der Waals surface area contributed by atoms with Gasteiger partial charge in [-0.2, -0.15) is 0 Å². The summed E-state index contributed by atoms with van der Waals surface area (Å²) < 4.78 is 0. The molecule has 0 atom stereocenters. The molecular formula is C24H45NO. The lowest BCUT2D eigenvalue weighted by atomic mass is 10.0. The highest BCUT2D eigenvalue weighted by Crippen LogP contribution is 2.16. The van der Waals surface area contributed by atoms with Crippen molar-refractivity contribution < 1.29 is 4.79 Å². The lowest BCUT2D eigenvalue weighted by Gasteiger charge is -2.20. The Bertz CT molecular complexity index is 361. The van der Waals surface area contributed by atoms with E-state index in [-0.39, 0.29) is 0 Å². The van der Waals surface area contributed by atoms with Crippen molar-refractivity contribution in [2.45, 2.75) is 117 Å². The zero-order valence-corrected chi connectivity index (χ0v) is 17.9. The molecule has 2 nitrogen and oxygen atoms in total. The van der Waals surface area contributed by atoms with Crippen molar-refractivity contribution in [3.8, 4) is 0 Å². The van der Waals surface area contributed by atoms with Crippen LogP contribution < -0.4 is 0 Å². The van der Waals surface area contributed by atoms with E-state index in [0.29, 0.717) is 6.54 Å². The van der Waals surface area contributed by atoms with E-state index in [9.17, 15) is 4.79 Å². The van der Waals surface area contributed by atoms with Crippen LogP contribution >= 0.6 is 0 Å². The monoisotopic (exact) mass is 363 g/mol.